The van der Waals surface area contributed by atoms with Gasteiger partial charge in [-0.25, -0.2) is 9.97 Å². The smallest absolute Gasteiger partial charge is 0.261 e. The van der Waals surface area contributed by atoms with Gasteiger partial charge in [0.1, 0.15) is 5.75 Å². The average molecular weight is 571 g/mol. The molecule has 1 aliphatic rings. The lowest BCUT2D eigenvalue weighted by Gasteiger charge is -2.25. The zero-order chi connectivity index (χ0) is 28.4. The third-order valence-electron chi connectivity index (χ3n) is 6.85. The highest BCUT2D eigenvalue weighted by Gasteiger charge is 2.13. The SMILES string of the molecule is COc1cccc(CNC(=O)c2ccc(-c3ccnc(Nc4ccc(NC(=O)CCN5CCCCC5)cc4)n3)s2)c1. The van der Waals surface area contributed by atoms with E-state index in [1.807, 2.05) is 60.7 Å². The number of likely N-dealkylation sites (tertiary alicyclic amines) is 1. The number of rotatable bonds is 11. The minimum atomic E-state index is -0.143. The summed E-state index contributed by atoms with van der Waals surface area (Å²) in [4.78, 5) is 37.9. The van der Waals surface area contributed by atoms with Gasteiger partial charge in [0.2, 0.25) is 11.9 Å². The largest absolute Gasteiger partial charge is 0.497 e. The second kappa shape index (κ2) is 13.9. The molecule has 1 saturated heterocycles. The fraction of sp³-hybridized carbons (Fsp3) is 0.290. The molecule has 3 N–H and O–H groups in total. The highest BCUT2D eigenvalue weighted by molar-refractivity contribution is 7.17. The van der Waals surface area contributed by atoms with Crippen molar-refractivity contribution < 1.29 is 14.3 Å². The molecule has 2 amide bonds. The number of hydrogen-bond donors (Lipinski definition) is 3. The number of methoxy groups -OCH3 is 1. The molecule has 0 bridgehead atoms. The maximum atomic E-state index is 12.7. The van der Waals surface area contributed by atoms with Crippen LogP contribution in [0, 0.1) is 0 Å². The van der Waals surface area contributed by atoms with Gasteiger partial charge in [-0.3, -0.25) is 9.59 Å². The van der Waals surface area contributed by atoms with Crippen LogP contribution >= 0.6 is 11.3 Å². The van der Waals surface area contributed by atoms with Gasteiger partial charge in [-0.15, -0.1) is 11.3 Å². The Bertz CT molecular complexity index is 1470. The number of carbonyl (C=O) groups excluding carboxylic acids is 2. The third-order valence-corrected chi connectivity index (χ3v) is 7.96. The van der Waals surface area contributed by atoms with E-state index in [1.165, 1.54) is 30.6 Å². The third kappa shape index (κ3) is 8.12. The van der Waals surface area contributed by atoms with Crippen molar-refractivity contribution in [2.24, 2.45) is 0 Å². The molecule has 41 heavy (non-hydrogen) atoms. The predicted molar refractivity (Wildman–Crippen MR) is 163 cm³/mol. The minimum Gasteiger partial charge on any atom is -0.497 e. The predicted octanol–water partition coefficient (Wildman–Crippen LogP) is 5.70. The molecule has 1 fully saturated rings. The molecule has 0 spiro atoms. The van der Waals surface area contributed by atoms with Crippen molar-refractivity contribution in [3.05, 3.63) is 83.4 Å². The Morgan fingerprint density at radius 2 is 1.78 bits per heavy atom. The lowest BCUT2D eigenvalue weighted by atomic mass is 10.1. The number of amides is 2. The molecular weight excluding hydrogens is 536 g/mol. The van der Waals surface area contributed by atoms with Crippen molar-refractivity contribution in [2.45, 2.75) is 32.2 Å². The Labute approximate surface area is 244 Å². The van der Waals surface area contributed by atoms with E-state index in [9.17, 15) is 9.59 Å². The molecule has 0 saturated carbocycles. The number of hydrogen-bond acceptors (Lipinski definition) is 8. The summed E-state index contributed by atoms with van der Waals surface area (Å²) >= 11 is 1.37. The fourth-order valence-electron chi connectivity index (χ4n) is 4.64. The van der Waals surface area contributed by atoms with Crippen molar-refractivity contribution >= 4 is 40.5 Å². The van der Waals surface area contributed by atoms with Crippen molar-refractivity contribution in [1.29, 1.82) is 0 Å². The van der Waals surface area contributed by atoms with Crippen molar-refractivity contribution in [3.63, 3.8) is 0 Å². The highest BCUT2D eigenvalue weighted by atomic mass is 32.1. The number of aromatic nitrogens is 2. The number of piperidine rings is 1. The Kier molecular flexibility index (Phi) is 9.56. The number of nitrogens with zero attached hydrogens (tertiary/aromatic N) is 3. The summed E-state index contributed by atoms with van der Waals surface area (Å²) in [6, 6.07) is 20.6. The molecule has 212 valence electrons. The molecule has 0 unspecified atom stereocenters. The van der Waals surface area contributed by atoms with E-state index >= 15 is 0 Å². The summed E-state index contributed by atoms with van der Waals surface area (Å²) in [6.45, 7) is 3.39. The van der Waals surface area contributed by atoms with E-state index < -0.39 is 0 Å². The zero-order valence-electron chi connectivity index (χ0n) is 23.1. The number of benzene rings is 2. The number of anilines is 3. The number of carbonyl (C=O) groups is 2. The number of thiophene rings is 1. The lowest BCUT2D eigenvalue weighted by molar-refractivity contribution is -0.116. The van der Waals surface area contributed by atoms with Crippen LogP contribution in [0.2, 0.25) is 0 Å². The van der Waals surface area contributed by atoms with Gasteiger partial charge in [0.15, 0.2) is 0 Å². The van der Waals surface area contributed by atoms with Crippen molar-refractivity contribution in [2.75, 3.05) is 37.4 Å². The van der Waals surface area contributed by atoms with Gasteiger partial charge < -0.3 is 25.6 Å². The van der Waals surface area contributed by atoms with Gasteiger partial charge >= 0.3 is 0 Å². The van der Waals surface area contributed by atoms with Gasteiger partial charge in [0.05, 0.1) is 22.6 Å². The molecular formula is C31H34N6O3S. The Hall–Kier alpha value is -4.28. The first-order valence-electron chi connectivity index (χ1n) is 13.8. The first kappa shape index (κ1) is 28.3. The summed E-state index contributed by atoms with van der Waals surface area (Å²) in [5.74, 6) is 1.08. The van der Waals surface area contributed by atoms with E-state index in [4.69, 9.17) is 4.74 Å². The summed E-state index contributed by atoms with van der Waals surface area (Å²) in [7, 11) is 1.62. The first-order valence-corrected chi connectivity index (χ1v) is 14.6. The topological polar surface area (TPSA) is 108 Å². The second-order valence-corrected chi connectivity index (χ2v) is 11.0. The maximum Gasteiger partial charge on any atom is 0.261 e. The van der Waals surface area contributed by atoms with Crippen LogP contribution in [0.1, 0.15) is 40.9 Å². The van der Waals surface area contributed by atoms with Crippen LogP contribution < -0.4 is 20.7 Å². The average Bonchev–Trinajstić information content (AvgIpc) is 3.51. The molecule has 5 rings (SSSR count). The van der Waals surface area contributed by atoms with Gasteiger partial charge in [-0.05, 0) is 86.1 Å². The molecule has 4 aromatic rings. The van der Waals surface area contributed by atoms with Crippen LogP contribution in [0.5, 0.6) is 5.75 Å². The van der Waals surface area contributed by atoms with Gasteiger partial charge in [-0.2, -0.15) is 0 Å². The van der Waals surface area contributed by atoms with Crippen LogP contribution in [-0.2, 0) is 11.3 Å². The highest BCUT2D eigenvalue weighted by Crippen LogP contribution is 2.28. The minimum absolute atomic E-state index is 0.0246. The Balaban J connectivity index is 1.13. The fourth-order valence-corrected chi connectivity index (χ4v) is 5.53. The molecule has 10 heteroatoms. The normalized spacial score (nSPS) is 13.4. The van der Waals surface area contributed by atoms with Crippen LogP contribution in [0.4, 0.5) is 17.3 Å². The van der Waals surface area contributed by atoms with Crippen molar-refractivity contribution in [3.8, 4) is 16.3 Å². The van der Waals surface area contributed by atoms with Crippen LogP contribution in [-0.4, -0.2) is 53.4 Å². The first-order chi connectivity index (χ1) is 20.1. The second-order valence-electron chi connectivity index (χ2n) is 9.87. The summed E-state index contributed by atoms with van der Waals surface area (Å²) in [6.07, 6.45) is 5.91. The molecule has 2 aromatic carbocycles. The van der Waals surface area contributed by atoms with E-state index in [-0.39, 0.29) is 11.8 Å². The number of ether oxygens (including phenoxy) is 1. The van der Waals surface area contributed by atoms with Crippen LogP contribution in [0.3, 0.4) is 0 Å². The van der Waals surface area contributed by atoms with Gasteiger partial charge in [0, 0.05) is 37.1 Å². The van der Waals surface area contributed by atoms with E-state index in [0.717, 1.165) is 52.9 Å². The Morgan fingerprint density at radius 1 is 0.976 bits per heavy atom. The molecule has 0 atom stereocenters. The standard InChI is InChI=1S/C31H34N6O3S/c1-40-25-7-5-6-22(20-25)21-33-30(39)28-13-12-27(41-28)26-14-16-32-31(36-26)35-24-10-8-23(9-11-24)34-29(38)15-19-37-17-3-2-4-18-37/h5-14,16,20H,2-4,15,17-19,21H2,1H3,(H,33,39)(H,34,38)(H,32,35,36). The van der Waals surface area contributed by atoms with Crippen molar-refractivity contribution in [1.82, 2.24) is 20.2 Å². The van der Waals surface area contributed by atoms with Crippen LogP contribution in [0.25, 0.3) is 10.6 Å². The number of nitrogens with one attached hydrogen (secondary N) is 3. The lowest BCUT2D eigenvalue weighted by Crippen LogP contribution is -2.32. The van der Waals surface area contributed by atoms with Gasteiger partial charge in [0.25, 0.3) is 5.91 Å². The molecule has 1 aliphatic heterocycles. The molecule has 2 aromatic heterocycles. The summed E-state index contributed by atoms with van der Waals surface area (Å²) in [5, 5.41) is 9.15. The molecule has 0 radical (unpaired) electrons. The van der Waals surface area contributed by atoms with E-state index in [0.29, 0.717) is 23.8 Å². The van der Waals surface area contributed by atoms with E-state index in [2.05, 4.69) is 30.8 Å². The van der Waals surface area contributed by atoms with E-state index in [1.54, 1.807) is 19.4 Å². The van der Waals surface area contributed by atoms with Gasteiger partial charge in [-0.1, -0.05) is 18.6 Å². The summed E-state index contributed by atoms with van der Waals surface area (Å²) in [5.41, 5.74) is 3.24. The quantitative estimate of drug-likeness (QED) is 0.212. The Morgan fingerprint density at radius 3 is 2.59 bits per heavy atom. The molecule has 9 nitrogen and oxygen atoms in total. The maximum absolute atomic E-state index is 12.7. The monoisotopic (exact) mass is 570 g/mol. The van der Waals surface area contributed by atoms with Crippen LogP contribution in [0.15, 0.2) is 72.9 Å². The molecule has 3 heterocycles. The summed E-state index contributed by atoms with van der Waals surface area (Å²) < 4.78 is 5.25. The molecule has 0 aliphatic carbocycles. The zero-order valence-corrected chi connectivity index (χ0v) is 23.9.